The first kappa shape index (κ1) is 12.3. The molecule has 2 aliphatic heterocycles. The van der Waals surface area contributed by atoms with Gasteiger partial charge in [0.1, 0.15) is 0 Å². The first-order chi connectivity index (χ1) is 7.35. The first-order valence-corrected chi connectivity index (χ1v) is 8.48. The van der Waals surface area contributed by atoms with E-state index in [1.165, 1.54) is 4.31 Å². The molecule has 2 fully saturated rings. The lowest BCUT2D eigenvalue weighted by molar-refractivity contribution is 0.116. The van der Waals surface area contributed by atoms with Crippen LogP contribution >= 0.6 is 0 Å². The highest BCUT2D eigenvalue weighted by Crippen LogP contribution is 2.27. The van der Waals surface area contributed by atoms with E-state index < -0.39 is 25.1 Å². The standard InChI is InChI=1S/C8H15NO5S2/c10-5-7-3-9(4-7)16(13,14)8-1-2-15(11,12)6-8/h7-8,10H,1-6H2. The Morgan fingerprint density at radius 1 is 1.31 bits per heavy atom. The van der Waals surface area contributed by atoms with Gasteiger partial charge in [-0.05, 0) is 6.42 Å². The van der Waals surface area contributed by atoms with Crippen molar-refractivity contribution in [2.75, 3.05) is 31.2 Å². The summed E-state index contributed by atoms with van der Waals surface area (Å²) in [6.07, 6.45) is 0.199. The molecule has 2 saturated heterocycles. The van der Waals surface area contributed by atoms with E-state index in [1.54, 1.807) is 0 Å². The third-order valence-corrected chi connectivity index (χ3v) is 7.40. The van der Waals surface area contributed by atoms with E-state index in [4.69, 9.17) is 5.11 Å². The molecule has 8 heteroatoms. The molecule has 0 amide bonds. The molecular weight excluding hydrogens is 254 g/mol. The van der Waals surface area contributed by atoms with Crippen molar-refractivity contribution in [3.05, 3.63) is 0 Å². The molecule has 0 spiro atoms. The van der Waals surface area contributed by atoms with Crippen LogP contribution in [0.3, 0.4) is 0 Å². The summed E-state index contributed by atoms with van der Waals surface area (Å²) in [5, 5.41) is 8.02. The van der Waals surface area contributed by atoms with Crippen LogP contribution in [0.15, 0.2) is 0 Å². The van der Waals surface area contributed by atoms with E-state index >= 15 is 0 Å². The zero-order valence-corrected chi connectivity index (χ0v) is 10.4. The van der Waals surface area contributed by atoms with Crippen molar-refractivity contribution >= 4 is 19.9 Å². The molecule has 16 heavy (non-hydrogen) atoms. The van der Waals surface area contributed by atoms with Crippen molar-refractivity contribution in [1.82, 2.24) is 4.31 Å². The third kappa shape index (κ3) is 2.11. The molecule has 1 unspecified atom stereocenters. The van der Waals surface area contributed by atoms with Crippen LogP contribution in [-0.2, 0) is 19.9 Å². The highest BCUT2D eigenvalue weighted by Gasteiger charge is 2.44. The zero-order valence-electron chi connectivity index (χ0n) is 8.74. The highest BCUT2D eigenvalue weighted by atomic mass is 32.2. The Morgan fingerprint density at radius 2 is 1.94 bits per heavy atom. The van der Waals surface area contributed by atoms with Crippen LogP contribution in [0.1, 0.15) is 6.42 Å². The minimum Gasteiger partial charge on any atom is -0.396 e. The van der Waals surface area contributed by atoms with Crippen molar-refractivity contribution in [3.63, 3.8) is 0 Å². The Balaban J connectivity index is 2.05. The molecule has 1 N–H and O–H groups in total. The number of rotatable bonds is 3. The second-order valence-corrected chi connectivity index (χ2v) is 8.88. The topological polar surface area (TPSA) is 91.8 Å². The van der Waals surface area contributed by atoms with E-state index in [9.17, 15) is 16.8 Å². The summed E-state index contributed by atoms with van der Waals surface area (Å²) >= 11 is 0. The van der Waals surface area contributed by atoms with Crippen LogP contribution in [0.2, 0.25) is 0 Å². The van der Waals surface area contributed by atoms with E-state index in [0.29, 0.717) is 13.1 Å². The summed E-state index contributed by atoms with van der Waals surface area (Å²) in [7, 11) is -6.64. The van der Waals surface area contributed by atoms with Gasteiger partial charge in [-0.15, -0.1) is 0 Å². The summed E-state index contributed by atoms with van der Waals surface area (Å²) in [6.45, 7) is 0.611. The van der Waals surface area contributed by atoms with E-state index in [0.717, 1.165) is 0 Å². The van der Waals surface area contributed by atoms with Crippen LogP contribution in [-0.4, -0.2) is 62.7 Å². The molecule has 2 aliphatic rings. The van der Waals surface area contributed by atoms with Gasteiger partial charge in [0.05, 0.1) is 16.8 Å². The number of nitrogens with zero attached hydrogens (tertiary/aromatic N) is 1. The van der Waals surface area contributed by atoms with Gasteiger partial charge in [0.15, 0.2) is 9.84 Å². The minimum absolute atomic E-state index is 0.00721. The van der Waals surface area contributed by atoms with Crippen LogP contribution in [0.5, 0.6) is 0 Å². The molecule has 0 saturated carbocycles. The Hall–Kier alpha value is -0.180. The number of sulfone groups is 1. The third-order valence-electron chi connectivity index (χ3n) is 3.15. The second kappa shape index (κ2) is 3.94. The summed E-state index contributed by atoms with van der Waals surface area (Å²) in [5.41, 5.74) is 0. The fraction of sp³-hybridized carbons (Fsp3) is 1.00. The summed E-state index contributed by atoms with van der Waals surface area (Å²) in [6, 6.07) is 0. The first-order valence-electron chi connectivity index (χ1n) is 5.15. The monoisotopic (exact) mass is 269 g/mol. The smallest absolute Gasteiger partial charge is 0.218 e. The Morgan fingerprint density at radius 3 is 2.38 bits per heavy atom. The van der Waals surface area contributed by atoms with Gasteiger partial charge in [-0.2, -0.15) is 0 Å². The number of aliphatic hydroxyl groups excluding tert-OH is 1. The quantitative estimate of drug-likeness (QED) is 0.668. The molecule has 0 radical (unpaired) electrons. The van der Waals surface area contributed by atoms with Crippen LogP contribution in [0.4, 0.5) is 0 Å². The molecule has 0 bridgehead atoms. The van der Waals surface area contributed by atoms with Crippen molar-refractivity contribution in [2.45, 2.75) is 11.7 Å². The molecule has 2 rings (SSSR count). The summed E-state index contributed by atoms with van der Waals surface area (Å²) in [4.78, 5) is 0. The van der Waals surface area contributed by atoms with Crippen molar-refractivity contribution in [1.29, 1.82) is 0 Å². The molecule has 2 heterocycles. The van der Waals surface area contributed by atoms with Gasteiger partial charge >= 0.3 is 0 Å². The average molecular weight is 269 g/mol. The molecule has 0 aliphatic carbocycles. The van der Waals surface area contributed by atoms with Crippen molar-refractivity contribution in [3.8, 4) is 0 Å². The number of sulfonamides is 1. The van der Waals surface area contributed by atoms with Gasteiger partial charge in [0.2, 0.25) is 10.0 Å². The van der Waals surface area contributed by atoms with E-state index in [-0.39, 0.29) is 30.5 Å². The second-order valence-electron chi connectivity index (χ2n) is 4.44. The maximum Gasteiger partial charge on any atom is 0.218 e. The summed E-state index contributed by atoms with van der Waals surface area (Å²) in [5.74, 6) is -0.281. The van der Waals surface area contributed by atoms with Crippen LogP contribution in [0.25, 0.3) is 0 Å². The van der Waals surface area contributed by atoms with Gasteiger partial charge in [-0.1, -0.05) is 0 Å². The lowest BCUT2D eigenvalue weighted by Crippen LogP contribution is -2.54. The molecule has 0 aromatic heterocycles. The molecule has 1 atom stereocenters. The van der Waals surface area contributed by atoms with Gasteiger partial charge in [0, 0.05) is 25.6 Å². The SMILES string of the molecule is O=S1(=O)CCC(S(=O)(=O)N2CC(CO)C2)C1. The van der Waals surface area contributed by atoms with Crippen molar-refractivity contribution in [2.24, 2.45) is 5.92 Å². The maximum absolute atomic E-state index is 11.9. The van der Waals surface area contributed by atoms with E-state index in [1.807, 2.05) is 0 Å². The minimum atomic E-state index is -3.47. The molecule has 0 aromatic carbocycles. The summed E-state index contributed by atoms with van der Waals surface area (Å²) < 4.78 is 47.6. The fourth-order valence-corrected chi connectivity index (χ4v) is 6.73. The molecule has 94 valence electrons. The molecular formula is C8H15NO5S2. The van der Waals surface area contributed by atoms with Gasteiger partial charge in [0.25, 0.3) is 0 Å². The van der Waals surface area contributed by atoms with Crippen LogP contribution in [0, 0.1) is 5.92 Å². The Labute approximate surface area is 95.2 Å². The lowest BCUT2D eigenvalue weighted by atomic mass is 10.1. The Bertz CT molecular complexity index is 463. The molecule has 6 nitrogen and oxygen atoms in total. The highest BCUT2D eigenvalue weighted by molar-refractivity contribution is 7.95. The average Bonchev–Trinajstić information content (AvgIpc) is 2.44. The van der Waals surface area contributed by atoms with Gasteiger partial charge < -0.3 is 5.11 Å². The zero-order chi connectivity index (χ0) is 12.0. The normalized spacial score (nSPS) is 31.4. The maximum atomic E-state index is 11.9. The van der Waals surface area contributed by atoms with Crippen LogP contribution < -0.4 is 0 Å². The van der Waals surface area contributed by atoms with Gasteiger partial charge in [-0.3, -0.25) is 0 Å². The van der Waals surface area contributed by atoms with Gasteiger partial charge in [-0.25, -0.2) is 21.1 Å². The number of aliphatic hydroxyl groups is 1. The lowest BCUT2D eigenvalue weighted by Gasteiger charge is -2.38. The van der Waals surface area contributed by atoms with Crippen molar-refractivity contribution < 1.29 is 21.9 Å². The number of hydrogen-bond acceptors (Lipinski definition) is 5. The predicted molar refractivity (Wildman–Crippen MR) is 58.1 cm³/mol. The largest absolute Gasteiger partial charge is 0.396 e. The predicted octanol–water partition coefficient (Wildman–Crippen LogP) is -1.57. The fourth-order valence-electron chi connectivity index (χ4n) is 2.05. The Kier molecular flexibility index (Phi) is 3.02. The molecule has 0 aromatic rings. The van der Waals surface area contributed by atoms with E-state index in [2.05, 4.69) is 0 Å². The number of hydrogen-bond donors (Lipinski definition) is 1.